The monoisotopic (exact) mass is 252 g/mol. The SMILES string of the molecule is Cc1ccc(C)c(OCCC(C)CCS)c1C. The summed E-state index contributed by atoms with van der Waals surface area (Å²) in [4.78, 5) is 0. The van der Waals surface area contributed by atoms with Gasteiger partial charge in [0.15, 0.2) is 0 Å². The smallest absolute Gasteiger partial charge is 0.125 e. The van der Waals surface area contributed by atoms with Crippen LogP contribution in [0.3, 0.4) is 0 Å². The van der Waals surface area contributed by atoms with Crippen molar-refractivity contribution in [3.05, 3.63) is 28.8 Å². The Morgan fingerprint density at radius 3 is 2.41 bits per heavy atom. The molecule has 96 valence electrons. The molecule has 0 radical (unpaired) electrons. The van der Waals surface area contributed by atoms with Crippen molar-refractivity contribution >= 4 is 12.6 Å². The minimum atomic E-state index is 0.693. The lowest BCUT2D eigenvalue weighted by Gasteiger charge is -2.15. The zero-order valence-corrected chi connectivity index (χ0v) is 12.3. The molecule has 2 heteroatoms. The second-order valence-electron chi connectivity index (χ2n) is 4.91. The van der Waals surface area contributed by atoms with Gasteiger partial charge < -0.3 is 4.74 Å². The van der Waals surface area contributed by atoms with Crippen molar-refractivity contribution in [2.75, 3.05) is 12.4 Å². The Labute approximate surface area is 111 Å². The first-order valence-electron chi connectivity index (χ1n) is 6.36. The van der Waals surface area contributed by atoms with E-state index < -0.39 is 0 Å². The van der Waals surface area contributed by atoms with E-state index in [9.17, 15) is 0 Å². The summed E-state index contributed by atoms with van der Waals surface area (Å²) in [5.41, 5.74) is 3.80. The second-order valence-corrected chi connectivity index (χ2v) is 5.36. The van der Waals surface area contributed by atoms with E-state index in [1.165, 1.54) is 16.7 Å². The minimum absolute atomic E-state index is 0.693. The first kappa shape index (κ1) is 14.4. The predicted molar refractivity (Wildman–Crippen MR) is 78.4 cm³/mol. The van der Waals surface area contributed by atoms with E-state index >= 15 is 0 Å². The van der Waals surface area contributed by atoms with E-state index in [2.05, 4.69) is 52.5 Å². The summed E-state index contributed by atoms with van der Waals surface area (Å²) < 4.78 is 5.94. The van der Waals surface area contributed by atoms with Gasteiger partial charge in [-0.1, -0.05) is 19.1 Å². The van der Waals surface area contributed by atoms with Crippen molar-refractivity contribution in [2.45, 2.75) is 40.5 Å². The van der Waals surface area contributed by atoms with Gasteiger partial charge in [0.2, 0.25) is 0 Å². The molecule has 0 spiro atoms. The number of rotatable bonds is 6. The molecule has 17 heavy (non-hydrogen) atoms. The molecular formula is C15H24OS. The fourth-order valence-electron chi connectivity index (χ4n) is 1.87. The zero-order valence-electron chi connectivity index (χ0n) is 11.4. The van der Waals surface area contributed by atoms with Crippen LogP contribution in [0.25, 0.3) is 0 Å². The maximum absolute atomic E-state index is 5.94. The van der Waals surface area contributed by atoms with E-state index in [-0.39, 0.29) is 0 Å². The first-order chi connectivity index (χ1) is 8.06. The minimum Gasteiger partial charge on any atom is -0.493 e. The summed E-state index contributed by atoms with van der Waals surface area (Å²) >= 11 is 4.26. The molecule has 0 aliphatic heterocycles. The van der Waals surface area contributed by atoms with Crippen molar-refractivity contribution in [3.8, 4) is 5.75 Å². The van der Waals surface area contributed by atoms with E-state index in [1.807, 2.05) is 0 Å². The van der Waals surface area contributed by atoms with E-state index in [4.69, 9.17) is 4.74 Å². The second kappa shape index (κ2) is 6.95. The van der Waals surface area contributed by atoms with Crippen molar-refractivity contribution in [1.29, 1.82) is 0 Å². The van der Waals surface area contributed by atoms with Gasteiger partial charge in [-0.05, 0) is 62.0 Å². The van der Waals surface area contributed by atoms with Gasteiger partial charge in [0.05, 0.1) is 6.61 Å². The molecule has 0 fully saturated rings. The highest BCUT2D eigenvalue weighted by Crippen LogP contribution is 2.26. The fourth-order valence-corrected chi connectivity index (χ4v) is 2.32. The Morgan fingerprint density at radius 1 is 1.12 bits per heavy atom. The molecule has 1 aromatic rings. The standard InChI is InChI=1S/C15H24OS/c1-11(8-10-17)7-9-16-15-13(3)6-5-12(2)14(15)4/h5-6,11,17H,7-10H2,1-4H3. The van der Waals surface area contributed by atoms with Crippen molar-refractivity contribution < 1.29 is 4.74 Å². The number of ether oxygens (including phenoxy) is 1. The quantitative estimate of drug-likeness (QED) is 0.741. The maximum atomic E-state index is 5.94. The van der Waals surface area contributed by atoms with Gasteiger partial charge in [0, 0.05) is 0 Å². The van der Waals surface area contributed by atoms with Crippen LogP contribution >= 0.6 is 12.6 Å². The lowest BCUT2D eigenvalue weighted by molar-refractivity contribution is 0.279. The summed E-state index contributed by atoms with van der Waals surface area (Å²) in [7, 11) is 0. The van der Waals surface area contributed by atoms with E-state index in [0.717, 1.165) is 31.0 Å². The Balaban J connectivity index is 2.55. The molecule has 1 atom stereocenters. The molecule has 1 rings (SSSR count). The average molecular weight is 252 g/mol. The third-order valence-corrected chi connectivity index (χ3v) is 3.61. The molecule has 0 saturated carbocycles. The summed E-state index contributed by atoms with van der Waals surface area (Å²) in [6.07, 6.45) is 2.27. The average Bonchev–Trinajstić information content (AvgIpc) is 2.29. The molecular weight excluding hydrogens is 228 g/mol. The molecule has 1 unspecified atom stereocenters. The summed E-state index contributed by atoms with van der Waals surface area (Å²) in [5, 5.41) is 0. The largest absolute Gasteiger partial charge is 0.493 e. The maximum Gasteiger partial charge on any atom is 0.125 e. The van der Waals surface area contributed by atoms with Crippen LogP contribution in [0, 0.1) is 26.7 Å². The number of benzene rings is 1. The molecule has 0 heterocycles. The van der Waals surface area contributed by atoms with Crippen LogP contribution in [-0.2, 0) is 0 Å². The molecule has 0 aromatic heterocycles. The molecule has 1 nitrogen and oxygen atoms in total. The van der Waals surface area contributed by atoms with E-state index in [0.29, 0.717) is 5.92 Å². The number of thiol groups is 1. The van der Waals surface area contributed by atoms with E-state index in [1.54, 1.807) is 0 Å². The zero-order chi connectivity index (χ0) is 12.8. The van der Waals surface area contributed by atoms with Gasteiger partial charge in [-0.2, -0.15) is 12.6 Å². The number of hydrogen-bond donors (Lipinski definition) is 1. The fraction of sp³-hybridized carbons (Fsp3) is 0.600. The Kier molecular flexibility index (Phi) is 5.90. The van der Waals surface area contributed by atoms with Crippen LogP contribution in [-0.4, -0.2) is 12.4 Å². The summed E-state index contributed by atoms with van der Waals surface area (Å²) in [6, 6.07) is 4.29. The molecule has 0 aliphatic rings. The van der Waals surface area contributed by atoms with Crippen molar-refractivity contribution in [3.63, 3.8) is 0 Å². The molecule has 0 N–H and O–H groups in total. The highest BCUT2D eigenvalue weighted by atomic mass is 32.1. The highest BCUT2D eigenvalue weighted by molar-refractivity contribution is 7.80. The van der Waals surface area contributed by atoms with Crippen LogP contribution in [0.2, 0.25) is 0 Å². The van der Waals surface area contributed by atoms with Crippen LogP contribution < -0.4 is 4.74 Å². The van der Waals surface area contributed by atoms with Gasteiger partial charge in [0.25, 0.3) is 0 Å². The lowest BCUT2D eigenvalue weighted by Crippen LogP contribution is -2.06. The third-order valence-electron chi connectivity index (χ3n) is 3.35. The van der Waals surface area contributed by atoms with Crippen LogP contribution in [0.5, 0.6) is 5.75 Å². The van der Waals surface area contributed by atoms with Gasteiger partial charge >= 0.3 is 0 Å². The van der Waals surface area contributed by atoms with Crippen molar-refractivity contribution in [1.82, 2.24) is 0 Å². The summed E-state index contributed by atoms with van der Waals surface area (Å²) in [6.45, 7) is 9.44. The first-order valence-corrected chi connectivity index (χ1v) is 7.00. The molecule has 1 aromatic carbocycles. The van der Waals surface area contributed by atoms with Gasteiger partial charge in [-0.25, -0.2) is 0 Å². The normalized spacial score (nSPS) is 12.5. The lowest BCUT2D eigenvalue weighted by atomic mass is 10.0. The summed E-state index contributed by atoms with van der Waals surface area (Å²) in [5.74, 6) is 2.73. The molecule has 0 aliphatic carbocycles. The van der Waals surface area contributed by atoms with Crippen LogP contribution in [0.15, 0.2) is 12.1 Å². The predicted octanol–water partition coefficient (Wildman–Crippen LogP) is 4.34. The van der Waals surface area contributed by atoms with Gasteiger partial charge in [-0.3, -0.25) is 0 Å². The highest BCUT2D eigenvalue weighted by Gasteiger charge is 2.07. The van der Waals surface area contributed by atoms with Gasteiger partial charge in [-0.15, -0.1) is 0 Å². The number of hydrogen-bond acceptors (Lipinski definition) is 2. The van der Waals surface area contributed by atoms with Crippen LogP contribution in [0.4, 0.5) is 0 Å². The molecule has 0 bridgehead atoms. The van der Waals surface area contributed by atoms with Crippen molar-refractivity contribution in [2.24, 2.45) is 5.92 Å². The third kappa shape index (κ3) is 4.27. The Bertz CT molecular complexity index is 360. The number of aryl methyl sites for hydroxylation is 2. The topological polar surface area (TPSA) is 9.23 Å². The van der Waals surface area contributed by atoms with Gasteiger partial charge in [0.1, 0.15) is 5.75 Å². The van der Waals surface area contributed by atoms with Crippen LogP contribution in [0.1, 0.15) is 36.5 Å². The Hall–Kier alpha value is -0.630. The molecule has 0 amide bonds. The molecule has 0 saturated heterocycles. The Morgan fingerprint density at radius 2 is 1.76 bits per heavy atom.